The van der Waals surface area contributed by atoms with Gasteiger partial charge >= 0.3 is 0 Å². The number of morpholine rings is 1. The number of aromatic nitrogens is 2. The maximum atomic E-state index is 12.6. The van der Waals surface area contributed by atoms with Gasteiger partial charge < -0.3 is 34.3 Å². The Morgan fingerprint density at radius 1 is 0.977 bits per heavy atom. The fraction of sp³-hybridized carbons (Fsp3) is 0.371. The summed E-state index contributed by atoms with van der Waals surface area (Å²) in [4.78, 5) is 25.0. The zero-order valence-corrected chi connectivity index (χ0v) is 25.2. The first-order valence-electron chi connectivity index (χ1n) is 15.6. The normalized spacial score (nSPS) is 17.0. The van der Waals surface area contributed by atoms with Gasteiger partial charge in [-0.2, -0.15) is 0 Å². The van der Waals surface area contributed by atoms with Crippen molar-refractivity contribution in [3.05, 3.63) is 93.9 Å². The van der Waals surface area contributed by atoms with E-state index in [-0.39, 0.29) is 5.56 Å². The van der Waals surface area contributed by atoms with E-state index in [0.717, 1.165) is 92.4 Å². The number of hydrogen-bond donors (Lipinski definition) is 2. The van der Waals surface area contributed by atoms with Crippen molar-refractivity contribution in [1.29, 1.82) is 0 Å². The first-order chi connectivity index (χ1) is 21.6. The van der Waals surface area contributed by atoms with Crippen LogP contribution < -0.4 is 25.2 Å². The summed E-state index contributed by atoms with van der Waals surface area (Å²) in [7, 11) is 1.70. The summed E-state index contributed by atoms with van der Waals surface area (Å²) >= 11 is 0. The van der Waals surface area contributed by atoms with Crippen molar-refractivity contribution in [2.75, 3.05) is 63.3 Å². The fourth-order valence-electron chi connectivity index (χ4n) is 6.43. The third kappa shape index (κ3) is 6.30. The van der Waals surface area contributed by atoms with Gasteiger partial charge in [0, 0.05) is 80.0 Å². The molecule has 5 heterocycles. The van der Waals surface area contributed by atoms with Gasteiger partial charge in [-0.25, -0.2) is 0 Å². The number of fused-ring (bicyclic) bond motifs is 2. The Morgan fingerprint density at radius 2 is 1.80 bits per heavy atom. The lowest BCUT2D eigenvalue weighted by atomic mass is 9.98. The molecule has 2 aromatic carbocycles. The number of anilines is 2. The topological polar surface area (TPSA) is 92.0 Å². The highest BCUT2D eigenvalue weighted by molar-refractivity contribution is 5.71. The highest BCUT2D eigenvalue weighted by atomic mass is 16.5. The lowest BCUT2D eigenvalue weighted by molar-refractivity contribution is 0.122. The maximum Gasteiger partial charge on any atom is 0.250 e. The second-order valence-electron chi connectivity index (χ2n) is 11.8. The number of ether oxygens (including phenoxy) is 3. The summed E-state index contributed by atoms with van der Waals surface area (Å²) in [5, 5.41) is 3.78. The molecule has 9 nitrogen and oxygen atoms in total. The number of likely N-dealkylation sites (tertiary alicyclic amines) is 1. The lowest BCUT2D eigenvalue weighted by Crippen LogP contribution is -2.40. The van der Waals surface area contributed by atoms with Crippen LogP contribution in [0.1, 0.15) is 29.5 Å². The predicted molar refractivity (Wildman–Crippen MR) is 172 cm³/mol. The number of pyridine rings is 2. The van der Waals surface area contributed by atoms with Crippen LogP contribution >= 0.6 is 0 Å². The van der Waals surface area contributed by atoms with E-state index in [4.69, 9.17) is 14.2 Å². The molecule has 0 amide bonds. The molecule has 0 spiro atoms. The maximum absolute atomic E-state index is 12.6. The van der Waals surface area contributed by atoms with Crippen molar-refractivity contribution in [3.8, 4) is 28.6 Å². The Kier molecular flexibility index (Phi) is 8.22. The number of nitrogens with zero attached hydrogens (tertiary/aromatic N) is 3. The van der Waals surface area contributed by atoms with E-state index in [2.05, 4.69) is 49.4 Å². The van der Waals surface area contributed by atoms with Crippen molar-refractivity contribution >= 4 is 11.4 Å². The number of rotatable bonds is 8. The molecule has 3 aliphatic rings. The Balaban J connectivity index is 0.988. The highest BCUT2D eigenvalue weighted by Crippen LogP contribution is 2.42. The average Bonchev–Trinajstić information content (AvgIpc) is 3.07. The molecule has 2 saturated heterocycles. The van der Waals surface area contributed by atoms with Gasteiger partial charge in [-0.05, 0) is 67.3 Å². The van der Waals surface area contributed by atoms with Crippen LogP contribution in [0.4, 0.5) is 11.4 Å². The lowest BCUT2D eigenvalue weighted by Gasteiger charge is -2.33. The van der Waals surface area contributed by atoms with Gasteiger partial charge in [-0.3, -0.25) is 9.78 Å². The molecule has 3 aliphatic heterocycles. The van der Waals surface area contributed by atoms with E-state index in [9.17, 15) is 4.79 Å². The Bertz CT molecular complexity index is 1660. The van der Waals surface area contributed by atoms with Crippen LogP contribution in [0.2, 0.25) is 0 Å². The van der Waals surface area contributed by atoms with Crippen LogP contribution in [0.5, 0.6) is 17.2 Å². The summed E-state index contributed by atoms with van der Waals surface area (Å²) in [6, 6.07) is 20.9. The Labute approximate surface area is 257 Å². The summed E-state index contributed by atoms with van der Waals surface area (Å²) in [6.45, 7) is 6.10. The zero-order chi connectivity index (χ0) is 29.9. The van der Waals surface area contributed by atoms with Crippen LogP contribution in [0, 0.1) is 0 Å². The van der Waals surface area contributed by atoms with Gasteiger partial charge in [-0.1, -0.05) is 12.1 Å². The second-order valence-corrected chi connectivity index (χ2v) is 11.8. The van der Waals surface area contributed by atoms with Gasteiger partial charge in [0.05, 0.1) is 26.0 Å². The van der Waals surface area contributed by atoms with E-state index < -0.39 is 0 Å². The first-order valence-corrected chi connectivity index (χ1v) is 15.6. The molecule has 228 valence electrons. The molecule has 44 heavy (non-hydrogen) atoms. The fourth-order valence-corrected chi connectivity index (χ4v) is 6.43. The van der Waals surface area contributed by atoms with Crippen molar-refractivity contribution < 1.29 is 14.2 Å². The van der Waals surface area contributed by atoms with Crippen LogP contribution in [-0.4, -0.2) is 74.0 Å². The van der Waals surface area contributed by atoms with E-state index in [0.29, 0.717) is 36.4 Å². The molecular formula is C35H39N5O4. The standard InChI is InChI=1S/C35H39N5O4/c1-42-30-5-2-24(3-6-30)9-13-39-14-10-27(11-15-39)37-28-4-7-32-26(21-28)20-25-8-12-36-34(35(25)44-32)31-22-29(23-33(41)38-31)40-16-18-43-19-17-40/h2-8,12,21-23,27,37H,9-11,13-20H2,1H3,(H,38,41). The molecule has 2 fully saturated rings. The minimum Gasteiger partial charge on any atom is -0.497 e. The van der Waals surface area contributed by atoms with Gasteiger partial charge in [0.2, 0.25) is 0 Å². The van der Waals surface area contributed by atoms with Crippen LogP contribution in [0.3, 0.4) is 0 Å². The molecule has 9 heteroatoms. The first kappa shape index (κ1) is 28.4. The molecule has 2 N–H and O–H groups in total. The van der Waals surface area contributed by atoms with Crippen molar-refractivity contribution in [3.63, 3.8) is 0 Å². The third-order valence-electron chi connectivity index (χ3n) is 8.93. The number of benzene rings is 2. The number of hydrogen-bond acceptors (Lipinski definition) is 8. The summed E-state index contributed by atoms with van der Waals surface area (Å²) in [5.74, 6) is 2.44. The summed E-state index contributed by atoms with van der Waals surface area (Å²) in [6.07, 6.45) is 5.84. The largest absolute Gasteiger partial charge is 0.497 e. The van der Waals surface area contributed by atoms with Gasteiger partial charge in [-0.15, -0.1) is 0 Å². The van der Waals surface area contributed by atoms with Crippen LogP contribution in [0.25, 0.3) is 11.4 Å². The van der Waals surface area contributed by atoms with E-state index >= 15 is 0 Å². The molecule has 4 aromatic rings. The smallest absolute Gasteiger partial charge is 0.250 e. The molecule has 0 aliphatic carbocycles. The molecule has 0 saturated carbocycles. The van der Waals surface area contributed by atoms with E-state index in [1.165, 1.54) is 5.56 Å². The third-order valence-corrected chi connectivity index (χ3v) is 8.93. The van der Waals surface area contributed by atoms with Crippen molar-refractivity contribution in [2.24, 2.45) is 0 Å². The predicted octanol–water partition coefficient (Wildman–Crippen LogP) is 5.10. The Morgan fingerprint density at radius 3 is 2.59 bits per heavy atom. The van der Waals surface area contributed by atoms with Gasteiger partial charge in [0.15, 0.2) is 5.75 Å². The molecule has 0 unspecified atom stereocenters. The Hall–Kier alpha value is -4.34. The minimum atomic E-state index is -0.154. The number of nitrogens with one attached hydrogen (secondary N) is 2. The van der Waals surface area contributed by atoms with Crippen LogP contribution in [0.15, 0.2) is 71.7 Å². The van der Waals surface area contributed by atoms with Crippen LogP contribution in [-0.2, 0) is 17.6 Å². The number of H-pyrrole nitrogens is 1. The molecule has 0 radical (unpaired) electrons. The highest BCUT2D eigenvalue weighted by Gasteiger charge is 2.24. The zero-order valence-electron chi connectivity index (χ0n) is 25.2. The number of methoxy groups -OCH3 is 1. The quantitative estimate of drug-likeness (QED) is 0.257. The molecule has 0 bridgehead atoms. The minimum absolute atomic E-state index is 0.154. The number of piperidine rings is 1. The SMILES string of the molecule is COc1ccc(CCN2CCC(Nc3ccc4c(c3)Cc3ccnc(-c5cc(N6CCOCC6)cc(=O)[nH]5)c3O4)CC2)cc1. The monoisotopic (exact) mass is 593 g/mol. The summed E-state index contributed by atoms with van der Waals surface area (Å²) in [5.41, 5.74) is 6.72. The van der Waals surface area contributed by atoms with Gasteiger partial charge in [0.25, 0.3) is 5.56 Å². The number of aromatic amines is 1. The molecular weight excluding hydrogens is 554 g/mol. The molecule has 2 aromatic heterocycles. The molecule has 7 rings (SSSR count). The summed E-state index contributed by atoms with van der Waals surface area (Å²) < 4.78 is 17.2. The van der Waals surface area contributed by atoms with Crippen molar-refractivity contribution in [1.82, 2.24) is 14.9 Å². The average molecular weight is 594 g/mol. The van der Waals surface area contributed by atoms with Crippen molar-refractivity contribution in [2.45, 2.75) is 31.7 Å². The van der Waals surface area contributed by atoms with Gasteiger partial charge in [0.1, 0.15) is 17.2 Å². The van der Waals surface area contributed by atoms with E-state index in [1.54, 1.807) is 19.4 Å². The molecule has 0 atom stereocenters. The van der Waals surface area contributed by atoms with E-state index in [1.807, 2.05) is 30.3 Å². The second kappa shape index (κ2) is 12.7.